The number of carbonyl (C=O) groups excluding carboxylic acids is 1. The van der Waals surface area contributed by atoms with Crippen molar-refractivity contribution < 1.29 is 14.3 Å². The van der Waals surface area contributed by atoms with Crippen molar-refractivity contribution in [3.05, 3.63) is 90.4 Å². The van der Waals surface area contributed by atoms with Crippen LogP contribution >= 0.6 is 0 Å². The molecule has 0 spiro atoms. The molecule has 1 aliphatic heterocycles. The number of aromatic nitrogens is 3. The second-order valence-electron chi connectivity index (χ2n) is 8.61. The minimum atomic E-state index is -0.228. The summed E-state index contributed by atoms with van der Waals surface area (Å²) in [6, 6.07) is 18.5. The zero-order valence-corrected chi connectivity index (χ0v) is 20.7. The second-order valence-corrected chi connectivity index (χ2v) is 8.61. The molecule has 188 valence electrons. The molecule has 10 nitrogen and oxygen atoms in total. The van der Waals surface area contributed by atoms with Crippen LogP contribution in [0.2, 0.25) is 0 Å². The molecule has 3 heterocycles. The second kappa shape index (κ2) is 9.66. The zero-order valence-electron chi connectivity index (χ0n) is 20.7. The summed E-state index contributed by atoms with van der Waals surface area (Å²) >= 11 is 0. The van der Waals surface area contributed by atoms with Crippen LogP contribution in [-0.2, 0) is 6.54 Å². The van der Waals surface area contributed by atoms with E-state index in [0.29, 0.717) is 46.5 Å². The predicted octanol–water partition coefficient (Wildman–Crippen LogP) is 6.01. The van der Waals surface area contributed by atoms with Crippen molar-refractivity contribution in [1.29, 1.82) is 0 Å². The van der Waals surface area contributed by atoms with E-state index in [1.807, 2.05) is 71.4 Å². The molecule has 0 unspecified atom stereocenters. The summed E-state index contributed by atoms with van der Waals surface area (Å²) in [6.45, 7) is 0.572. The van der Waals surface area contributed by atoms with Crippen molar-refractivity contribution in [2.24, 2.45) is 10.2 Å². The lowest BCUT2D eigenvalue weighted by Crippen LogP contribution is -2.12. The highest BCUT2D eigenvalue weighted by Crippen LogP contribution is 2.33. The molecule has 10 heteroatoms. The van der Waals surface area contributed by atoms with Crippen molar-refractivity contribution in [3.8, 4) is 22.8 Å². The minimum absolute atomic E-state index is 0.228. The first-order chi connectivity index (χ1) is 18.6. The Morgan fingerprint density at radius 2 is 1.84 bits per heavy atom. The van der Waals surface area contributed by atoms with Gasteiger partial charge in [0, 0.05) is 52.7 Å². The van der Waals surface area contributed by atoms with Gasteiger partial charge < -0.3 is 24.5 Å². The van der Waals surface area contributed by atoms with E-state index in [4.69, 9.17) is 14.5 Å². The number of methoxy groups -OCH3 is 2. The van der Waals surface area contributed by atoms with Crippen LogP contribution in [0, 0.1) is 0 Å². The summed E-state index contributed by atoms with van der Waals surface area (Å²) < 4.78 is 12.6. The standard InChI is InChI=1S/C28H23N7O3/c1-37-24-9-8-21(14-25(24)38-2)31-26-27-29-10-11-35(27)16-23(33-26)17-4-3-5-18(12-17)28(36)32-20-7-6-19-15-30-34-22(19)13-20/h3-14,16H,15H2,1-2H3,(H,31,33)(H,32,36). The fraction of sp³-hybridized carbons (Fsp3) is 0.107. The summed E-state index contributed by atoms with van der Waals surface area (Å²) in [5.41, 5.74) is 5.88. The van der Waals surface area contributed by atoms with Gasteiger partial charge in [-0.25, -0.2) is 9.97 Å². The third kappa shape index (κ3) is 4.39. The van der Waals surface area contributed by atoms with Crippen molar-refractivity contribution in [1.82, 2.24) is 14.4 Å². The molecule has 0 saturated heterocycles. The van der Waals surface area contributed by atoms with Crippen LogP contribution in [0.1, 0.15) is 15.9 Å². The molecule has 0 saturated carbocycles. The number of hydrogen-bond donors (Lipinski definition) is 2. The molecule has 2 N–H and O–H groups in total. The highest BCUT2D eigenvalue weighted by molar-refractivity contribution is 6.05. The number of azo groups is 1. The van der Waals surface area contributed by atoms with E-state index >= 15 is 0 Å². The molecule has 1 amide bonds. The Morgan fingerprint density at radius 3 is 2.71 bits per heavy atom. The molecule has 0 radical (unpaired) electrons. The van der Waals surface area contributed by atoms with Gasteiger partial charge in [0.15, 0.2) is 23.0 Å². The van der Waals surface area contributed by atoms with Crippen LogP contribution in [0.25, 0.3) is 16.9 Å². The lowest BCUT2D eigenvalue weighted by molar-refractivity contribution is 0.102. The quantitative estimate of drug-likeness (QED) is 0.280. The van der Waals surface area contributed by atoms with Crippen molar-refractivity contribution in [3.63, 3.8) is 0 Å². The fourth-order valence-corrected chi connectivity index (χ4v) is 4.28. The number of anilines is 3. The summed E-state index contributed by atoms with van der Waals surface area (Å²) in [6.07, 6.45) is 5.44. The lowest BCUT2D eigenvalue weighted by atomic mass is 10.1. The molecule has 0 atom stereocenters. The maximum atomic E-state index is 13.1. The largest absolute Gasteiger partial charge is 0.493 e. The predicted molar refractivity (Wildman–Crippen MR) is 144 cm³/mol. The molecule has 0 bridgehead atoms. The van der Waals surface area contributed by atoms with Crippen LogP contribution in [0.4, 0.5) is 22.9 Å². The number of benzene rings is 3. The van der Waals surface area contributed by atoms with Gasteiger partial charge in [0.1, 0.15) is 0 Å². The number of amides is 1. The molecule has 0 fully saturated rings. The van der Waals surface area contributed by atoms with Crippen molar-refractivity contribution in [2.75, 3.05) is 24.9 Å². The Morgan fingerprint density at radius 1 is 0.974 bits per heavy atom. The van der Waals surface area contributed by atoms with Gasteiger partial charge in [0.2, 0.25) is 0 Å². The molecule has 0 aliphatic carbocycles. The molecular weight excluding hydrogens is 482 g/mol. The highest BCUT2D eigenvalue weighted by atomic mass is 16.5. The van der Waals surface area contributed by atoms with Gasteiger partial charge in [-0.3, -0.25) is 4.79 Å². The number of rotatable bonds is 7. The first-order valence-electron chi connectivity index (χ1n) is 11.9. The molecule has 3 aromatic carbocycles. The van der Waals surface area contributed by atoms with Crippen molar-refractivity contribution >= 4 is 34.4 Å². The van der Waals surface area contributed by atoms with Crippen LogP contribution in [0.3, 0.4) is 0 Å². The van der Waals surface area contributed by atoms with E-state index in [-0.39, 0.29) is 5.91 Å². The van der Waals surface area contributed by atoms with Gasteiger partial charge in [-0.15, -0.1) is 0 Å². The van der Waals surface area contributed by atoms with Gasteiger partial charge in [0.05, 0.1) is 32.1 Å². The Hall–Kier alpha value is -5.25. The van der Waals surface area contributed by atoms with Gasteiger partial charge >= 0.3 is 0 Å². The topological polar surface area (TPSA) is 114 Å². The zero-order chi connectivity index (χ0) is 26.1. The molecule has 1 aliphatic rings. The Balaban J connectivity index is 1.30. The van der Waals surface area contributed by atoms with Gasteiger partial charge in [-0.1, -0.05) is 18.2 Å². The number of ether oxygens (including phenoxy) is 2. The Bertz CT molecular complexity index is 1710. The third-order valence-corrected chi connectivity index (χ3v) is 6.20. The van der Waals surface area contributed by atoms with E-state index in [9.17, 15) is 4.79 Å². The van der Waals surface area contributed by atoms with E-state index in [1.54, 1.807) is 26.5 Å². The van der Waals surface area contributed by atoms with E-state index < -0.39 is 0 Å². The number of nitrogens with one attached hydrogen (secondary N) is 2. The van der Waals surface area contributed by atoms with Crippen molar-refractivity contribution in [2.45, 2.75) is 6.54 Å². The monoisotopic (exact) mass is 505 g/mol. The first kappa shape index (κ1) is 23.2. The Kier molecular flexibility index (Phi) is 5.89. The SMILES string of the molecule is COc1ccc(Nc2nc(-c3cccc(C(=O)Nc4ccc5c(c4)N=NC5)c3)cn3ccnc23)cc1OC. The average Bonchev–Trinajstić information content (AvgIpc) is 3.62. The van der Waals surface area contributed by atoms with Gasteiger partial charge in [-0.05, 0) is 36.4 Å². The van der Waals surface area contributed by atoms with E-state index in [1.165, 1.54) is 0 Å². The maximum Gasteiger partial charge on any atom is 0.255 e. The average molecular weight is 506 g/mol. The van der Waals surface area contributed by atoms with Gasteiger partial charge in [0.25, 0.3) is 5.91 Å². The van der Waals surface area contributed by atoms with Crippen LogP contribution < -0.4 is 20.1 Å². The maximum absolute atomic E-state index is 13.1. The van der Waals surface area contributed by atoms with Crippen LogP contribution in [0.15, 0.2) is 89.5 Å². The summed E-state index contributed by atoms with van der Waals surface area (Å²) in [7, 11) is 3.18. The first-order valence-corrected chi connectivity index (χ1v) is 11.9. The number of carbonyl (C=O) groups is 1. The summed E-state index contributed by atoms with van der Waals surface area (Å²) in [5, 5.41) is 14.4. The molecular formula is C28H23N7O3. The number of fused-ring (bicyclic) bond motifs is 2. The van der Waals surface area contributed by atoms with E-state index in [2.05, 4.69) is 25.8 Å². The Labute approximate surface area is 218 Å². The fourth-order valence-electron chi connectivity index (χ4n) is 4.28. The minimum Gasteiger partial charge on any atom is -0.493 e. The number of hydrogen-bond acceptors (Lipinski definition) is 8. The summed E-state index contributed by atoms with van der Waals surface area (Å²) in [5.74, 6) is 1.55. The van der Waals surface area contributed by atoms with E-state index in [0.717, 1.165) is 22.5 Å². The normalized spacial score (nSPS) is 11.8. The summed E-state index contributed by atoms with van der Waals surface area (Å²) in [4.78, 5) is 22.3. The third-order valence-electron chi connectivity index (χ3n) is 6.20. The smallest absolute Gasteiger partial charge is 0.255 e. The molecule has 38 heavy (non-hydrogen) atoms. The van der Waals surface area contributed by atoms with Crippen LogP contribution in [-0.4, -0.2) is 34.5 Å². The lowest BCUT2D eigenvalue weighted by Gasteiger charge is -2.13. The molecule has 5 aromatic rings. The number of imidazole rings is 1. The van der Waals surface area contributed by atoms with Gasteiger partial charge in [-0.2, -0.15) is 10.2 Å². The highest BCUT2D eigenvalue weighted by Gasteiger charge is 2.15. The molecule has 6 rings (SSSR count). The number of nitrogens with zero attached hydrogens (tertiary/aromatic N) is 5. The molecule has 2 aromatic heterocycles. The van der Waals surface area contributed by atoms with Crippen LogP contribution in [0.5, 0.6) is 11.5 Å².